The molecule has 0 saturated carbocycles. The first-order valence-corrected chi connectivity index (χ1v) is 11.1. The minimum absolute atomic E-state index is 0.0511. The minimum Gasteiger partial charge on any atom is -0.340 e. The average Bonchev–Trinajstić information content (AvgIpc) is 2.83. The van der Waals surface area contributed by atoms with Crippen molar-refractivity contribution in [1.29, 1.82) is 0 Å². The molecular weight excluding hydrogens is 387 g/mol. The zero-order chi connectivity index (χ0) is 21.6. The van der Waals surface area contributed by atoms with Crippen molar-refractivity contribution in [2.24, 2.45) is 0 Å². The Morgan fingerprint density at radius 3 is 1.84 bits per heavy atom. The highest BCUT2D eigenvalue weighted by atomic mass is 19.1. The fourth-order valence-corrected chi connectivity index (χ4v) is 4.55. The molecule has 2 unspecified atom stereocenters. The SMILES string of the molecule is CCC(C(=O)N1CCN(C(c2ccccc2)c2ccc(F)cc2)CC1)c1ccccc1. The molecule has 0 aliphatic carbocycles. The van der Waals surface area contributed by atoms with Gasteiger partial charge in [-0.3, -0.25) is 9.69 Å². The van der Waals surface area contributed by atoms with Crippen molar-refractivity contribution in [2.45, 2.75) is 25.3 Å². The number of rotatable bonds is 6. The number of piperazine rings is 1. The van der Waals surface area contributed by atoms with E-state index in [0.29, 0.717) is 13.1 Å². The topological polar surface area (TPSA) is 23.6 Å². The van der Waals surface area contributed by atoms with Crippen LogP contribution in [0, 0.1) is 5.82 Å². The van der Waals surface area contributed by atoms with Crippen LogP contribution in [-0.4, -0.2) is 41.9 Å². The van der Waals surface area contributed by atoms with E-state index < -0.39 is 0 Å². The van der Waals surface area contributed by atoms with E-state index >= 15 is 0 Å². The Morgan fingerprint density at radius 1 is 0.774 bits per heavy atom. The van der Waals surface area contributed by atoms with Gasteiger partial charge < -0.3 is 4.90 Å². The quantitative estimate of drug-likeness (QED) is 0.548. The molecule has 3 aromatic carbocycles. The Hall–Kier alpha value is -2.98. The van der Waals surface area contributed by atoms with Crippen LogP contribution in [0.5, 0.6) is 0 Å². The monoisotopic (exact) mass is 416 g/mol. The Labute approximate surface area is 184 Å². The van der Waals surface area contributed by atoms with Gasteiger partial charge in [0.1, 0.15) is 5.82 Å². The van der Waals surface area contributed by atoms with Crippen molar-refractivity contribution in [1.82, 2.24) is 9.80 Å². The fourth-order valence-electron chi connectivity index (χ4n) is 4.55. The number of amides is 1. The fraction of sp³-hybridized carbons (Fsp3) is 0.296. The molecule has 4 rings (SSSR count). The van der Waals surface area contributed by atoms with Crippen molar-refractivity contribution in [3.8, 4) is 0 Å². The average molecular weight is 417 g/mol. The van der Waals surface area contributed by atoms with Crippen LogP contribution < -0.4 is 0 Å². The van der Waals surface area contributed by atoms with E-state index in [2.05, 4.69) is 24.0 Å². The molecule has 0 aromatic heterocycles. The highest BCUT2D eigenvalue weighted by Gasteiger charge is 2.31. The van der Waals surface area contributed by atoms with E-state index in [-0.39, 0.29) is 23.7 Å². The predicted molar refractivity (Wildman–Crippen MR) is 122 cm³/mol. The zero-order valence-electron chi connectivity index (χ0n) is 18.0. The first-order valence-electron chi connectivity index (χ1n) is 11.1. The van der Waals surface area contributed by atoms with Crippen LogP contribution in [0.25, 0.3) is 0 Å². The van der Waals surface area contributed by atoms with Crippen LogP contribution in [0.15, 0.2) is 84.9 Å². The van der Waals surface area contributed by atoms with Gasteiger partial charge in [0, 0.05) is 26.2 Å². The summed E-state index contributed by atoms with van der Waals surface area (Å²) in [6, 6.07) is 27.2. The molecule has 31 heavy (non-hydrogen) atoms. The largest absolute Gasteiger partial charge is 0.340 e. The number of hydrogen-bond acceptors (Lipinski definition) is 2. The van der Waals surface area contributed by atoms with Crippen LogP contribution in [0.4, 0.5) is 4.39 Å². The number of benzene rings is 3. The third kappa shape index (κ3) is 4.86. The lowest BCUT2D eigenvalue weighted by Gasteiger charge is -2.40. The molecule has 1 fully saturated rings. The lowest BCUT2D eigenvalue weighted by atomic mass is 9.94. The van der Waals surface area contributed by atoms with Crippen LogP contribution in [0.1, 0.15) is 42.0 Å². The van der Waals surface area contributed by atoms with Gasteiger partial charge >= 0.3 is 0 Å². The van der Waals surface area contributed by atoms with E-state index in [0.717, 1.165) is 30.6 Å². The minimum atomic E-state index is -0.225. The summed E-state index contributed by atoms with van der Waals surface area (Å²) in [5, 5.41) is 0. The zero-order valence-corrected chi connectivity index (χ0v) is 18.0. The number of carbonyl (C=O) groups is 1. The number of carbonyl (C=O) groups excluding carboxylic acids is 1. The number of nitrogens with zero attached hydrogens (tertiary/aromatic N) is 2. The molecule has 1 heterocycles. The van der Waals surface area contributed by atoms with Crippen LogP contribution >= 0.6 is 0 Å². The predicted octanol–water partition coefficient (Wildman–Crippen LogP) is 5.25. The standard InChI is InChI=1S/C27H29FN2O/c1-2-25(21-9-5-3-6-10-21)27(31)30-19-17-29(18-20-30)26(22-11-7-4-8-12-22)23-13-15-24(28)16-14-23/h3-16,25-26H,2,17-20H2,1H3. The van der Waals surface area contributed by atoms with Crippen molar-refractivity contribution in [3.05, 3.63) is 107 Å². The van der Waals surface area contributed by atoms with E-state index in [1.807, 2.05) is 65.6 Å². The maximum Gasteiger partial charge on any atom is 0.230 e. The van der Waals surface area contributed by atoms with Crippen molar-refractivity contribution < 1.29 is 9.18 Å². The normalized spacial score (nSPS) is 16.6. The molecule has 1 saturated heterocycles. The maximum atomic E-state index is 13.5. The first-order chi connectivity index (χ1) is 15.2. The second kappa shape index (κ2) is 9.88. The molecule has 0 bridgehead atoms. The van der Waals surface area contributed by atoms with Gasteiger partial charge in [-0.25, -0.2) is 4.39 Å². The molecule has 1 aliphatic rings. The molecule has 1 aliphatic heterocycles. The molecule has 0 N–H and O–H groups in total. The van der Waals surface area contributed by atoms with Gasteiger partial charge in [0.15, 0.2) is 0 Å². The molecule has 3 nitrogen and oxygen atoms in total. The lowest BCUT2D eigenvalue weighted by Crippen LogP contribution is -2.51. The molecule has 160 valence electrons. The highest BCUT2D eigenvalue weighted by molar-refractivity contribution is 5.83. The Balaban J connectivity index is 1.50. The molecule has 0 spiro atoms. The van der Waals surface area contributed by atoms with Gasteiger partial charge in [-0.15, -0.1) is 0 Å². The summed E-state index contributed by atoms with van der Waals surface area (Å²) in [7, 11) is 0. The van der Waals surface area contributed by atoms with Crippen molar-refractivity contribution in [3.63, 3.8) is 0 Å². The Kier molecular flexibility index (Phi) is 6.78. The van der Waals surface area contributed by atoms with Gasteiger partial charge in [-0.1, -0.05) is 79.7 Å². The van der Waals surface area contributed by atoms with Crippen molar-refractivity contribution in [2.75, 3.05) is 26.2 Å². The third-order valence-electron chi connectivity index (χ3n) is 6.20. The van der Waals surface area contributed by atoms with E-state index in [4.69, 9.17) is 0 Å². The second-order valence-electron chi connectivity index (χ2n) is 8.10. The van der Waals surface area contributed by atoms with E-state index in [1.165, 1.54) is 17.7 Å². The maximum absolute atomic E-state index is 13.5. The smallest absolute Gasteiger partial charge is 0.230 e. The summed E-state index contributed by atoms with van der Waals surface area (Å²) in [6.07, 6.45) is 0.797. The summed E-state index contributed by atoms with van der Waals surface area (Å²) < 4.78 is 13.5. The summed E-state index contributed by atoms with van der Waals surface area (Å²) in [4.78, 5) is 17.7. The van der Waals surface area contributed by atoms with Gasteiger partial charge in [-0.2, -0.15) is 0 Å². The second-order valence-corrected chi connectivity index (χ2v) is 8.10. The summed E-state index contributed by atoms with van der Waals surface area (Å²) >= 11 is 0. The molecule has 1 amide bonds. The van der Waals surface area contributed by atoms with E-state index in [9.17, 15) is 9.18 Å². The number of hydrogen-bond donors (Lipinski definition) is 0. The first kappa shape index (κ1) is 21.3. The summed E-state index contributed by atoms with van der Waals surface area (Å²) in [6.45, 7) is 5.05. The lowest BCUT2D eigenvalue weighted by molar-refractivity contribution is -0.134. The van der Waals surface area contributed by atoms with Crippen LogP contribution in [0.2, 0.25) is 0 Å². The number of halogens is 1. The van der Waals surface area contributed by atoms with Crippen LogP contribution in [-0.2, 0) is 4.79 Å². The molecule has 0 radical (unpaired) electrons. The van der Waals surface area contributed by atoms with Gasteiger partial charge in [-0.05, 0) is 35.2 Å². The highest BCUT2D eigenvalue weighted by Crippen LogP contribution is 2.30. The summed E-state index contributed by atoms with van der Waals surface area (Å²) in [5.74, 6) is -0.0985. The van der Waals surface area contributed by atoms with Crippen molar-refractivity contribution >= 4 is 5.91 Å². The molecule has 3 aromatic rings. The molecular formula is C27H29FN2O. The Bertz CT molecular complexity index is 967. The third-order valence-corrected chi connectivity index (χ3v) is 6.20. The summed E-state index contributed by atoms with van der Waals surface area (Å²) in [5.41, 5.74) is 3.35. The Morgan fingerprint density at radius 2 is 1.29 bits per heavy atom. The molecule has 4 heteroatoms. The molecule has 2 atom stereocenters. The van der Waals surface area contributed by atoms with Gasteiger partial charge in [0.2, 0.25) is 5.91 Å². The van der Waals surface area contributed by atoms with Gasteiger partial charge in [0.25, 0.3) is 0 Å². The van der Waals surface area contributed by atoms with Crippen LogP contribution in [0.3, 0.4) is 0 Å². The van der Waals surface area contributed by atoms with Gasteiger partial charge in [0.05, 0.1) is 12.0 Å². The van der Waals surface area contributed by atoms with E-state index in [1.54, 1.807) is 0 Å².